The molecule has 9 heavy (non-hydrogen) atoms. The van der Waals surface area contributed by atoms with Crippen LogP contribution in [0.15, 0.2) is 0 Å². The SMILES string of the molecule is CC(C)(O)NC1CNC1. The smallest absolute Gasteiger partial charge is 0.110 e. The van der Waals surface area contributed by atoms with Crippen molar-refractivity contribution < 1.29 is 5.11 Å². The first-order valence-electron chi connectivity index (χ1n) is 3.29. The molecule has 1 aliphatic rings. The van der Waals surface area contributed by atoms with Gasteiger partial charge in [-0.15, -0.1) is 0 Å². The monoisotopic (exact) mass is 130 g/mol. The molecule has 3 nitrogen and oxygen atoms in total. The highest BCUT2D eigenvalue weighted by atomic mass is 16.3. The van der Waals surface area contributed by atoms with Gasteiger partial charge in [0.1, 0.15) is 5.72 Å². The normalized spacial score (nSPS) is 21.7. The van der Waals surface area contributed by atoms with Gasteiger partial charge in [-0.2, -0.15) is 0 Å². The highest BCUT2D eigenvalue weighted by molar-refractivity contribution is 4.84. The molecular formula is C6H14N2O. The van der Waals surface area contributed by atoms with Gasteiger partial charge in [0.25, 0.3) is 0 Å². The van der Waals surface area contributed by atoms with Gasteiger partial charge >= 0.3 is 0 Å². The summed E-state index contributed by atoms with van der Waals surface area (Å²) in [5, 5.41) is 15.4. The standard InChI is InChI=1S/C6H14N2O/c1-6(2,9)8-5-3-7-4-5/h5,7-9H,3-4H2,1-2H3. The molecule has 0 aromatic rings. The van der Waals surface area contributed by atoms with Crippen molar-refractivity contribution >= 4 is 0 Å². The first-order chi connectivity index (χ1) is 4.08. The van der Waals surface area contributed by atoms with Crippen LogP contribution in [0.4, 0.5) is 0 Å². The molecule has 0 aliphatic carbocycles. The third kappa shape index (κ3) is 2.30. The Morgan fingerprint density at radius 2 is 2.11 bits per heavy atom. The molecule has 0 aromatic carbocycles. The molecular weight excluding hydrogens is 116 g/mol. The van der Waals surface area contributed by atoms with E-state index in [9.17, 15) is 5.11 Å². The Kier molecular flexibility index (Phi) is 1.75. The summed E-state index contributed by atoms with van der Waals surface area (Å²) >= 11 is 0. The molecule has 1 saturated heterocycles. The molecule has 54 valence electrons. The van der Waals surface area contributed by atoms with Crippen LogP contribution in [0.3, 0.4) is 0 Å². The lowest BCUT2D eigenvalue weighted by Crippen LogP contribution is -2.60. The Hall–Kier alpha value is -0.120. The van der Waals surface area contributed by atoms with E-state index >= 15 is 0 Å². The van der Waals surface area contributed by atoms with Crippen molar-refractivity contribution in [2.45, 2.75) is 25.6 Å². The molecule has 0 spiro atoms. The molecule has 1 fully saturated rings. The van der Waals surface area contributed by atoms with Gasteiger partial charge in [-0.25, -0.2) is 0 Å². The second-order valence-electron chi connectivity index (χ2n) is 3.06. The zero-order valence-corrected chi connectivity index (χ0v) is 5.94. The van der Waals surface area contributed by atoms with E-state index in [4.69, 9.17) is 0 Å². The molecule has 1 aliphatic heterocycles. The summed E-state index contributed by atoms with van der Waals surface area (Å²) in [4.78, 5) is 0. The largest absolute Gasteiger partial charge is 0.376 e. The summed E-state index contributed by atoms with van der Waals surface area (Å²) in [6, 6.07) is 0.463. The third-order valence-corrected chi connectivity index (χ3v) is 1.34. The van der Waals surface area contributed by atoms with Gasteiger partial charge in [0, 0.05) is 19.1 Å². The second-order valence-corrected chi connectivity index (χ2v) is 3.06. The Morgan fingerprint density at radius 1 is 1.56 bits per heavy atom. The van der Waals surface area contributed by atoms with Crippen LogP contribution in [-0.2, 0) is 0 Å². The Balaban J connectivity index is 2.16. The zero-order chi connectivity index (χ0) is 6.91. The van der Waals surface area contributed by atoms with Crippen molar-refractivity contribution in [2.75, 3.05) is 13.1 Å². The summed E-state index contributed by atoms with van der Waals surface area (Å²) in [5.41, 5.74) is -0.716. The molecule has 0 unspecified atom stereocenters. The van der Waals surface area contributed by atoms with E-state index in [1.54, 1.807) is 13.8 Å². The van der Waals surface area contributed by atoms with Crippen LogP contribution in [0.2, 0.25) is 0 Å². The first kappa shape index (κ1) is 6.99. The van der Waals surface area contributed by atoms with Crippen LogP contribution in [0, 0.1) is 0 Å². The summed E-state index contributed by atoms with van der Waals surface area (Å²) in [6.45, 7) is 5.46. The molecule has 1 rings (SSSR count). The Labute approximate surface area is 55.5 Å². The summed E-state index contributed by atoms with van der Waals surface area (Å²) < 4.78 is 0. The van der Waals surface area contributed by atoms with E-state index < -0.39 is 5.72 Å². The predicted molar refractivity (Wildman–Crippen MR) is 36.1 cm³/mol. The minimum Gasteiger partial charge on any atom is -0.376 e. The number of hydrogen-bond donors (Lipinski definition) is 3. The van der Waals surface area contributed by atoms with Crippen LogP contribution < -0.4 is 10.6 Å². The maximum absolute atomic E-state index is 9.21. The van der Waals surface area contributed by atoms with Gasteiger partial charge in [0.15, 0.2) is 0 Å². The molecule has 3 heteroatoms. The maximum Gasteiger partial charge on any atom is 0.110 e. The summed E-state index contributed by atoms with van der Waals surface area (Å²) in [5.74, 6) is 0. The van der Waals surface area contributed by atoms with E-state index in [0.717, 1.165) is 13.1 Å². The molecule has 0 bridgehead atoms. The second kappa shape index (κ2) is 2.25. The first-order valence-corrected chi connectivity index (χ1v) is 3.29. The van der Waals surface area contributed by atoms with Gasteiger partial charge in [-0.3, -0.25) is 5.32 Å². The summed E-state index contributed by atoms with van der Waals surface area (Å²) in [7, 11) is 0. The van der Waals surface area contributed by atoms with E-state index in [-0.39, 0.29) is 0 Å². The Bertz CT molecular complexity index is 93.7. The minimum atomic E-state index is -0.716. The number of hydrogen-bond acceptors (Lipinski definition) is 3. The van der Waals surface area contributed by atoms with Crippen molar-refractivity contribution in [2.24, 2.45) is 0 Å². The number of rotatable bonds is 2. The topological polar surface area (TPSA) is 44.3 Å². The number of aliphatic hydroxyl groups is 1. The minimum absolute atomic E-state index is 0.463. The predicted octanol–water partition coefficient (Wildman–Crippen LogP) is -0.724. The fraction of sp³-hybridized carbons (Fsp3) is 1.00. The average molecular weight is 130 g/mol. The maximum atomic E-state index is 9.21. The van der Waals surface area contributed by atoms with Gasteiger partial charge in [-0.1, -0.05) is 0 Å². The summed E-state index contributed by atoms with van der Waals surface area (Å²) in [6.07, 6.45) is 0. The van der Waals surface area contributed by atoms with E-state index in [0.29, 0.717) is 6.04 Å². The van der Waals surface area contributed by atoms with Gasteiger partial charge < -0.3 is 10.4 Å². The van der Waals surface area contributed by atoms with Crippen LogP contribution in [0.5, 0.6) is 0 Å². The van der Waals surface area contributed by atoms with Crippen LogP contribution in [0.1, 0.15) is 13.8 Å². The quantitative estimate of drug-likeness (QED) is 0.432. The lowest BCUT2D eigenvalue weighted by molar-refractivity contribution is 0.0235. The average Bonchev–Trinajstić information content (AvgIpc) is 1.53. The van der Waals surface area contributed by atoms with Crippen molar-refractivity contribution in [1.29, 1.82) is 0 Å². The van der Waals surface area contributed by atoms with Crippen LogP contribution in [0.25, 0.3) is 0 Å². The molecule has 0 saturated carbocycles. The number of nitrogens with one attached hydrogen (secondary N) is 2. The zero-order valence-electron chi connectivity index (χ0n) is 5.94. The fourth-order valence-electron chi connectivity index (χ4n) is 0.890. The van der Waals surface area contributed by atoms with Gasteiger partial charge in [0.2, 0.25) is 0 Å². The lowest BCUT2D eigenvalue weighted by atomic mass is 10.1. The van der Waals surface area contributed by atoms with E-state index in [1.165, 1.54) is 0 Å². The van der Waals surface area contributed by atoms with Crippen molar-refractivity contribution in [3.05, 3.63) is 0 Å². The molecule has 0 radical (unpaired) electrons. The van der Waals surface area contributed by atoms with Gasteiger partial charge in [-0.05, 0) is 13.8 Å². The van der Waals surface area contributed by atoms with Crippen molar-refractivity contribution in [3.8, 4) is 0 Å². The molecule has 0 amide bonds. The Morgan fingerprint density at radius 3 is 2.22 bits per heavy atom. The molecule has 0 atom stereocenters. The fourth-order valence-corrected chi connectivity index (χ4v) is 0.890. The highest BCUT2D eigenvalue weighted by Crippen LogP contribution is 2.00. The van der Waals surface area contributed by atoms with Crippen molar-refractivity contribution in [1.82, 2.24) is 10.6 Å². The lowest BCUT2D eigenvalue weighted by Gasteiger charge is -2.33. The molecule has 0 aromatic heterocycles. The van der Waals surface area contributed by atoms with E-state index in [1.807, 2.05) is 0 Å². The molecule has 1 heterocycles. The highest BCUT2D eigenvalue weighted by Gasteiger charge is 2.22. The third-order valence-electron chi connectivity index (χ3n) is 1.34. The van der Waals surface area contributed by atoms with Crippen molar-refractivity contribution in [3.63, 3.8) is 0 Å². The van der Waals surface area contributed by atoms with Crippen LogP contribution >= 0.6 is 0 Å². The molecule has 3 N–H and O–H groups in total. The van der Waals surface area contributed by atoms with Crippen LogP contribution in [-0.4, -0.2) is 30.0 Å². The van der Waals surface area contributed by atoms with E-state index in [2.05, 4.69) is 10.6 Å². The van der Waals surface area contributed by atoms with Gasteiger partial charge in [0.05, 0.1) is 0 Å².